The summed E-state index contributed by atoms with van der Waals surface area (Å²) in [5.41, 5.74) is 2.71. The third kappa shape index (κ3) is 4.10. The zero-order valence-electron chi connectivity index (χ0n) is 15.0. The summed E-state index contributed by atoms with van der Waals surface area (Å²) in [5, 5.41) is 12.6. The number of carbonyl (C=O) groups excluding carboxylic acids is 2. The highest BCUT2D eigenvalue weighted by atomic mass is 32.1. The van der Waals surface area contributed by atoms with E-state index in [1.54, 1.807) is 27.5 Å². The molecule has 0 aromatic carbocycles. The van der Waals surface area contributed by atoms with E-state index in [9.17, 15) is 9.59 Å². The molecule has 2 bridgehead atoms. The maximum atomic E-state index is 12.8. The second kappa shape index (κ2) is 8.03. The number of hydrogen-bond donors (Lipinski definition) is 1. The molecule has 2 atom stereocenters. The Hall–Kier alpha value is -2.49. The molecule has 0 aliphatic carbocycles. The van der Waals surface area contributed by atoms with Gasteiger partial charge in [-0.2, -0.15) is 0 Å². The summed E-state index contributed by atoms with van der Waals surface area (Å²) in [6.45, 7) is 2.91. The van der Waals surface area contributed by atoms with Crippen molar-refractivity contribution in [2.24, 2.45) is 5.92 Å². The van der Waals surface area contributed by atoms with Crippen LogP contribution in [-0.4, -0.2) is 67.4 Å². The van der Waals surface area contributed by atoms with Crippen molar-refractivity contribution in [3.63, 3.8) is 0 Å². The topological polar surface area (TPSA) is 96.2 Å². The van der Waals surface area contributed by atoms with Gasteiger partial charge in [0.1, 0.15) is 0 Å². The fraction of sp³-hybridized carbons (Fsp3) is 0.588. The van der Waals surface area contributed by atoms with Crippen molar-refractivity contribution >= 4 is 23.3 Å². The Bertz CT molecular complexity index is 764. The summed E-state index contributed by atoms with van der Waals surface area (Å²) >= 11 is 1.54. The lowest BCUT2D eigenvalue weighted by molar-refractivity contribution is -0.140. The van der Waals surface area contributed by atoms with E-state index in [0.717, 1.165) is 25.0 Å². The molecule has 5 rings (SSSR count). The van der Waals surface area contributed by atoms with E-state index < -0.39 is 0 Å². The Morgan fingerprint density at radius 3 is 3.04 bits per heavy atom. The molecule has 3 fully saturated rings. The molecule has 3 aliphatic heterocycles. The van der Waals surface area contributed by atoms with Crippen molar-refractivity contribution in [1.29, 1.82) is 0 Å². The first-order valence-corrected chi connectivity index (χ1v) is 10.2. The molecule has 3 amide bonds. The summed E-state index contributed by atoms with van der Waals surface area (Å²) in [6, 6.07) is -0.0207. The number of urea groups is 1. The Balaban J connectivity index is 1.32. The van der Waals surface area contributed by atoms with Gasteiger partial charge in [-0.25, -0.2) is 9.78 Å². The second-order valence-corrected chi connectivity index (χ2v) is 7.75. The van der Waals surface area contributed by atoms with Crippen molar-refractivity contribution in [2.45, 2.75) is 38.4 Å². The number of hydrogen-bond acceptors (Lipinski definition) is 6. The summed E-state index contributed by atoms with van der Waals surface area (Å²) in [6.07, 6.45) is 6.02. The van der Waals surface area contributed by atoms with Gasteiger partial charge in [-0.3, -0.25) is 9.48 Å². The normalized spacial score (nSPS) is 22.1. The zero-order chi connectivity index (χ0) is 18.6. The highest BCUT2D eigenvalue weighted by Crippen LogP contribution is 2.30. The lowest BCUT2D eigenvalue weighted by Gasteiger charge is -2.35. The molecule has 3 aliphatic rings. The Kier molecular flexibility index (Phi) is 5.33. The molecule has 9 nitrogen and oxygen atoms in total. The molecule has 2 aromatic rings. The van der Waals surface area contributed by atoms with Crippen molar-refractivity contribution in [3.8, 4) is 0 Å². The molecule has 0 spiro atoms. The molecule has 10 heteroatoms. The lowest BCUT2D eigenvalue weighted by Crippen LogP contribution is -2.48. The molecule has 0 saturated carbocycles. The maximum absolute atomic E-state index is 12.8. The zero-order valence-corrected chi connectivity index (χ0v) is 15.8. The number of thiazole rings is 1. The first kappa shape index (κ1) is 17.9. The van der Waals surface area contributed by atoms with Crippen LogP contribution in [0, 0.1) is 5.92 Å². The number of aryl methyl sites for hydroxylation is 1. The number of fused-ring (bicyclic) bond motifs is 4. The Morgan fingerprint density at radius 1 is 1.33 bits per heavy atom. The maximum Gasteiger partial charge on any atom is 0.317 e. The van der Waals surface area contributed by atoms with Crippen LogP contribution in [0.2, 0.25) is 0 Å². The predicted octanol–water partition coefficient (Wildman–Crippen LogP) is 0.957. The number of aromatic nitrogens is 4. The smallest absolute Gasteiger partial charge is 0.317 e. The number of nitrogens with one attached hydrogen (secondary N) is 1. The van der Waals surface area contributed by atoms with E-state index in [-0.39, 0.29) is 23.9 Å². The molecule has 27 heavy (non-hydrogen) atoms. The molecular weight excluding hydrogens is 366 g/mol. The fourth-order valence-corrected chi connectivity index (χ4v) is 4.35. The predicted molar refractivity (Wildman–Crippen MR) is 98.8 cm³/mol. The van der Waals surface area contributed by atoms with Crippen LogP contribution in [0.1, 0.15) is 25.0 Å². The average molecular weight is 389 g/mol. The van der Waals surface area contributed by atoms with Gasteiger partial charge in [-0.05, 0) is 19.3 Å². The van der Waals surface area contributed by atoms with E-state index in [1.807, 2.05) is 10.3 Å². The van der Waals surface area contributed by atoms with Gasteiger partial charge in [0, 0.05) is 43.8 Å². The molecule has 0 unspecified atom stereocenters. The average Bonchev–Trinajstić information content (AvgIpc) is 3.31. The molecular formula is C17H23N7O2S. The van der Waals surface area contributed by atoms with Crippen molar-refractivity contribution in [3.05, 3.63) is 29.0 Å². The SMILES string of the molecule is O=C(NCCCn1ccnn1)N1C[C@@H]2CC[C@H](C1)N(Cc1cscn1)C2=O. The second-order valence-electron chi connectivity index (χ2n) is 7.03. The van der Waals surface area contributed by atoms with Crippen LogP contribution < -0.4 is 5.32 Å². The summed E-state index contributed by atoms with van der Waals surface area (Å²) in [5.74, 6) is 0.0454. The molecule has 5 heterocycles. The van der Waals surface area contributed by atoms with Gasteiger partial charge >= 0.3 is 6.03 Å². The van der Waals surface area contributed by atoms with Crippen LogP contribution in [0.5, 0.6) is 0 Å². The summed E-state index contributed by atoms with van der Waals surface area (Å²) in [4.78, 5) is 33.4. The van der Waals surface area contributed by atoms with Crippen LogP contribution >= 0.6 is 11.3 Å². The van der Waals surface area contributed by atoms with E-state index >= 15 is 0 Å². The van der Waals surface area contributed by atoms with Gasteiger partial charge < -0.3 is 15.1 Å². The van der Waals surface area contributed by atoms with Crippen LogP contribution in [0.15, 0.2) is 23.3 Å². The van der Waals surface area contributed by atoms with E-state index in [2.05, 4.69) is 20.6 Å². The minimum Gasteiger partial charge on any atom is -0.338 e. The highest BCUT2D eigenvalue weighted by molar-refractivity contribution is 7.07. The van der Waals surface area contributed by atoms with Crippen molar-refractivity contribution in [1.82, 2.24) is 35.1 Å². The summed E-state index contributed by atoms with van der Waals surface area (Å²) in [7, 11) is 0. The van der Waals surface area contributed by atoms with E-state index in [4.69, 9.17) is 0 Å². The molecule has 3 saturated heterocycles. The first-order valence-electron chi connectivity index (χ1n) is 9.25. The Morgan fingerprint density at radius 2 is 2.26 bits per heavy atom. The highest BCUT2D eigenvalue weighted by Gasteiger charge is 2.41. The number of nitrogens with zero attached hydrogens (tertiary/aromatic N) is 6. The van der Waals surface area contributed by atoms with Crippen LogP contribution in [-0.2, 0) is 17.9 Å². The van der Waals surface area contributed by atoms with Crippen LogP contribution in [0.25, 0.3) is 0 Å². The lowest BCUT2D eigenvalue weighted by atomic mass is 9.94. The van der Waals surface area contributed by atoms with Gasteiger partial charge in [0.2, 0.25) is 5.91 Å². The van der Waals surface area contributed by atoms with Gasteiger partial charge in [0.25, 0.3) is 0 Å². The number of piperidine rings is 1. The molecule has 0 radical (unpaired) electrons. The van der Waals surface area contributed by atoms with Crippen molar-refractivity contribution < 1.29 is 9.59 Å². The standard InChI is InChI=1S/C17H23N7O2S/c25-16-13-2-3-15(24(16)9-14-11-27-12-19-14)10-22(8-13)17(26)18-4-1-6-23-7-5-20-21-23/h5,7,11-13,15H,1-4,6,8-10H2,(H,18,26)/t13-,15+/m0/s1. The number of rotatable bonds is 6. The summed E-state index contributed by atoms with van der Waals surface area (Å²) < 4.78 is 1.74. The van der Waals surface area contributed by atoms with E-state index in [1.165, 1.54) is 11.3 Å². The van der Waals surface area contributed by atoms with Crippen LogP contribution in [0.3, 0.4) is 0 Å². The molecule has 144 valence electrons. The Labute approximate surface area is 161 Å². The minimum absolute atomic E-state index is 0.0684. The van der Waals surface area contributed by atoms with Gasteiger partial charge in [0.15, 0.2) is 0 Å². The van der Waals surface area contributed by atoms with Crippen molar-refractivity contribution in [2.75, 3.05) is 19.6 Å². The van der Waals surface area contributed by atoms with Crippen LogP contribution in [0.4, 0.5) is 4.79 Å². The van der Waals surface area contributed by atoms with E-state index in [0.29, 0.717) is 32.7 Å². The largest absolute Gasteiger partial charge is 0.338 e. The fourth-order valence-electron chi connectivity index (χ4n) is 3.80. The van der Waals surface area contributed by atoms with Gasteiger partial charge in [0.05, 0.1) is 29.9 Å². The third-order valence-corrected chi connectivity index (χ3v) is 5.84. The minimum atomic E-state index is -0.108. The third-order valence-electron chi connectivity index (χ3n) is 5.21. The van der Waals surface area contributed by atoms with Gasteiger partial charge in [-0.1, -0.05) is 5.21 Å². The quantitative estimate of drug-likeness (QED) is 0.743. The van der Waals surface area contributed by atoms with Gasteiger partial charge in [-0.15, -0.1) is 16.4 Å². The molecule has 1 N–H and O–H groups in total. The number of carbonyl (C=O) groups is 2. The number of amides is 3. The first-order chi connectivity index (χ1) is 13.2. The molecule has 2 aromatic heterocycles. The monoisotopic (exact) mass is 389 g/mol.